The van der Waals surface area contributed by atoms with Crippen LogP contribution >= 0.6 is 0 Å². The molecule has 9 heteroatoms. The maximum Gasteiger partial charge on any atom is 0.191 e. The molecule has 0 bridgehead atoms. The summed E-state index contributed by atoms with van der Waals surface area (Å²) in [6.45, 7) is 7.49. The number of aryl methyl sites for hydroxylation is 1. The first kappa shape index (κ1) is 22.4. The van der Waals surface area contributed by atoms with Gasteiger partial charge in [-0.1, -0.05) is 12.1 Å². The van der Waals surface area contributed by atoms with Crippen LogP contribution in [-0.4, -0.2) is 53.1 Å². The van der Waals surface area contributed by atoms with E-state index in [1.807, 2.05) is 0 Å². The quantitative estimate of drug-likeness (QED) is 0.548. The number of aliphatic imine (C=N–C) groups is 1. The molecule has 0 unspecified atom stereocenters. The van der Waals surface area contributed by atoms with Gasteiger partial charge in [-0.2, -0.15) is 0 Å². The fraction of sp³-hybridized carbons (Fsp3) is 0.588. The summed E-state index contributed by atoms with van der Waals surface area (Å²) >= 11 is 0. The molecular formula is C17H29N3O4S2. The van der Waals surface area contributed by atoms with Crippen LogP contribution in [0.3, 0.4) is 0 Å². The van der Waals surface area contributed by atoms with Crippen LogP contribution in [0.4, 0.5) is 0 Å². The molecule has 7 nitrogen and oxygen atoms in total. The van der Waals surface area contributed by atoms with Crippen molar-refractivity contribution in [3.05, 3.63) is 29.3 Å². The van der Waals surface area contributed by atoms with Crippen molar-refractivity contribution in [2.75, 3.05) is 25.6 Å². The third-order valence-corrected chi connectivity index (χ3v) is 7.78. The topological polar surface area (TPSA) is 105 Å². The second-order valence-corrected chi connectivity index (χ2v) is 12.0. The fourth-order valence-corrected chi connectivity index (χ4v) is 4.20. The Morgan fingerprint density at radius 1 is 1.12 bits per heavy atom. The average molecular weight is 404 g/mol. The fourth-order valence-electron chi connectivity index (χ4n) is 2.25. The van der Waals surface area contributed by atoms with Crippen molar-refractivity contribution in [3.8, 4) is 0 Å². The van der Waals surface area contributed by atoms with E-state index in [1.54, 1.807) is 52.9 Å². The summed E-state index contributed by atoms with van der Waals surface area (Å²) < 4.78 is 46.7. The Balaban J connectivity index is 2.65. The number of guanidine groups is 1. The van der Waals surface area contributed by atoms with Crippen molar-refractivity contribution in [3.63, 3.8) is 0 Å². The summed E-state index contributed by atoms with van der Waals surface area (Å²) in [6.07, 6.45) is 1.19. The van der Waals surface area contributed by atoms with Crippen molar-refractivity contribution >= 4 is 25.6 Å². The molecule has 0 aromatic heterocycles. The van der Waals surface area contributed by atoms with Gasteiger partial charge < -0.3 is 10.6 Å². The Kier molecular flexibility index (Phi) is 7.24. The molecule has 0 fully saturated rings. The lowest BCUT2D eigenvalue weighted by atomic mass is 10.1. The minimum atomic E-state index is -3.24. The zero-order chi connectivity index (χ0) is 20.2. The zero-order valence-electron chi connectivity index (χ0n) is 16.3. The molecule has 1 rings (SSSR count). The van der Waals surface area contributed by atoms with Gasteiger partial charge in [0.2, 0.25) is 0 Å². The van der Waals surface area contributed by atoms with Crippen molar-refractivity contribution in [2.45, 2.75) is 43.9 Å². The van der Waals surface area contributed by atoms with Crippen LogP contribution in [0.15, 0.2) is 28.1 Å². The molecule has 0 heterocycles. The molecule has 0 aliphatic carbocycles. The highest BCUT2D eigenvalue weighted by Gasteiger charge is 2.28. The SMILES string of the molecule is CN=C(NCCS(=O)(=O)C(C)(C)C)NCc1ccc(S(C)(=O)=O)c(C)c1. The van der Waals surface area contributed by atoms with E-state index in [4.69, 9.17) is 0 Å². The molecule has 0 saturated carbocycles. The minimum Gasteiger partial charge on any atom is -0.355 e. The van der Waals surface area contributed by atoms with Crippen LogP contribution in [0.2, 0.25) is 0 Å². The first-order valence-corrected chi connectivity index (χ1v) is 11.8. The highest BCUT2D eigenvalue weighted by Crippen LogP contribution is 2.17. The van der Waals surface area contributed by atoms with Gasteiger partial charge in [0.25, 0.3) is 0 Å². The molecule has 148 valence electrons. The van der Waals surface area contributed by atoms with E-state index in [9.17, 15) is 16.8 Å². The second kappa shape index (κ2) is 8.39. The maximum atomic E-state index is 12.1. The van der Waals surface area contributed by atoms with E-state index in [2.05, 4.69) is 15.6 Å². The predicted octanol–water partition coefficient (Wildman–Crippen LogP) is 1.28. The van der Waals surface area contributed by atoms with Gasteiger partial charge in [-0.05, 0) is 44.9 Å². The monoisotopic (exact) mass is 403 g/mol. The summed E-state index contributed by atoms with van der Waals surface area (Å²) in [5.74, 6) is 0.498. The Morgan fingerprint density at radius 2 is 1.73 bits per heavy atom. The molecule has 1 aromatic carbocycles. The molecule has 0 saturated heterocycles. The van der Waals surface area contributed by atoms with Crippen LogP contribution in [0, 0.1) is 6.92 Å². The molecule has 1 aromatic rings. The highest BCUT2D eigenvalue weighted by molar-refractivity contribution is 7.92. The molecule has 2 N–H and O–H groups in total. The number of benzene rings is 1. The predicted molar refractivity (Wildman–Crippen MR) is 106 cm³/mol. The molecule has 26 heavy (non-hydrogen) atoms. The lowest BCUT2D eigenvalue weighted by Gasteiger charge is -2.20. The number of hydrogen-bond acceptors (Lipinski definition) is 5. The maximum absolute atomic E-state index is 12.1. The normalized spacial score (nSPS) is 13.5. The van der Waals surface area contributed by atoms with Crippen LogP contribution in [-0.2, 0) is 26.2 Å². The van der Waals surface area contributed by atoms with Gasteiger partial charge in [-0.15, -0.1) is 0 Å². The summed E-state index contributed by atoms with van der Waals surface area (Å²) in [6, 6.07) is 5.14. The van der Waals surface area contributed by atoms with E-state index in [-0.39, 0.29) is 12.3 Å². The third kappa shape index (κ3) is 6.28. The molecule has 0 atom stereocenters. The van der Waals surface area contributed by atoms with E-state index < -0.39 is 24.4 Å². The number of nitrogens with zero attached hydrogens (tertiary/aromatic N) is 1. The van der Waals surface area contributed by atoms with Crippen molar-refractivity contribution < 1.29 is 16.8 Å². The molecule has 0 radical (unpaired) electrons. The lowest BCUT2D eigenvalue weighted by Crippen LogP contribution is -2.41. The van der Waals surface area contributed by atoms with E-state index in [0.717, 1.165) is 5.56 Å². The number of hydrogen-bond donors (Lipinski definition) is 2. The first-order valence-electron chi connectivity index (χ1n) is 8.24. The standard InChI is InChI=1S/C17H29N3O4S2/c1-13-11-14(7-8-15(13)25(6,21)22)12-20-16(18-5)19-9-10-26(23,24)17(2,3)4/h7-8,11H,9-10,12H2,1-6H3,(H2,18,19,20). The van der Waals surface area contributed by atoms with Gasteiger partial charge in [0.1, 0.15) is 0 Å². The van der Waals surface area contributed by atoms with Crippen molar-refractivity contribution in [1.82, 2.24) is 10.6 Å². The van der Waals surface area contributed by atoms with Gasteiger partial charge in [0.05, 0.1) is 15.4 Å². The summed E-state index contributed by atoms with van der Waals surface area (Å²) in [5, 5.41) is 6.07. The van der Waals surface area contributed by atoms with Crippen molar-refractivity contribution in [1.29, 1.82) is 0 Å². The van der Waals surface area contributed by atoms with Crippen LogP contribution in [0.1, 0.15) is 31.9 Å². The van der Waals surface area contributed by atoms with E-state index >= 15 is 0 Å². The largest absolute Gasteiger partial charge is 0.355 e. The van der Waals surface area contributed by atoms with Gasteiger partial charge in [0.15, 0.2) is 25.6 Å². The van der Waals surface area contributed by atoms with Gasteiger partial charge in [0, 0.05) is 26.4 Å². The Labute approximate surface area is 157 Å². The van der Waals surface area contributed by atoms with Crippen LogP contribution < -0.4 is 10.6 Å². The summed E-state index contributed by atoms with van der Waals surface area (Å²) in [7, 11) is -4.83. The van der Waals surface area contributed by atoms with E-state index in [0.29, 0.717) is 23.0 Å². The summed E-state index contributed by atoms with van der Waals surface area (Å²) in [4.78, 5) is 4.38. The Hall–Kier alpha value is -1.61. The second-order valence-electron chi connectivity index (χ2n) is 7.16. The minimum absolute atomic E-state index is 0.0133. The van der Waals surface area contributed by atoms with Gasteiger partial charge in [-0.3, -0.25) is 4.99 Å². The number of nitrogens with one attached hydrogen (secondary N) is 2. The average Bonchev–Trinajstić information content (AvgIpc) is 2.48. The van der Waals surface area contributed by atoms with Crippen LogP contribution in [0.25, 0.3) is 0 Å². The molecule has 0 aliphatic rings. The van der Waals surface area contributed by atoms with Crippen LogP contribution in [0.5, 0.6) is 0 Å². The van der Waals surface area contributed by atoms with Crippen molar-refractivity contribution in [2.24, 2.45) is 4.99 Å². The lowest BCUT2D eigenvalue weighted by molar-refractivity contribution is 0.559. The van der Waals surface area contributed by atoms with Gasteiger partial charge in [-0.25, -0.2) is 16.8 Å². The Bertz CT molecular complexity index is 868. The zero-order valence-corrected chi connectivity index (χ0v) is 17.9. The molecule has 0 amide bonds. The number of rotatable bonds is 6. The Morgan fingerprint density at radius 3 is 2.19 bits per heavy atom. The first-order chi connectivity index (χ1) is 11.8. The highest BCUT2D eigenvalue weighted by atomic mass is 32.2. The number of sulfone groups is 2. The van der Waals surface area contributed by atoms with E-state index in [1.165, 1.54) is 6.26 Å². The smallest absolute Gasteiger partial charge is 0.191 e. The molecule has 0 spiro atoms. The molecular weight excluding hydrogens is 374 g/mol. The molecule has 0 aliphatic heterocycles. The van der Waals surface area contributed by atoms with Gasteiger partial charge >= 0.3 is 0 Å². The third-order valence-electron chi connectivity index (χ3n) is 3.92. The summed E-state index contributed by atoms with van der Waals surface area (Å²) in [5.41, 5.74) is 1.59.